The molecule has 0 atom stereocenters. The van der Waals surface area contributed by atoms with Gasteiger partial charge >= 0.3 is 12.1 Å². The topological polar surface area (TPSA) is 26.3 Å². The van der Waals surface area contributed by atoms with E-state index in [1.54, 1.807) is 0 Å². The lowest BCUT2D eigenvalue weighted by Gasteiger charge is -2.13. The van der Waals surface area contributed by atoms with Gasteiger partial charge in [0, 0.05) is 4.47 Å². The van der Waals surface area contributed by atoms with Crippen LogP contribution < -0.4 is 0 Å². The third-order valence-corrected chi connectivity index (χ3v) is 2.92. The summed E-state index contributed by atoms with van der Waals surface area (Å²) < 4.78 is 41.7. The van der Waals surface area contributed by atoms with Crippen molar-refractivity contribution in [3.8, 4) is 0 Å². The highest BCUT2D eigenvalue weighted by molar-refractivity contribution is 9.10. The third kappa shape index (κ3) is 2.49. The number of methoxy groups -OCH3 is 1. The van der Waals surface area contributed by atoms with Crippen LogP contribution in [0.1, 0.15) is 15.9 Å². The Morgan fingerprint density at radius 2 is 2.00 bits per heavy atom. The fourth-order valence-electron chi connectivity index (χ4n) is 1.08. The average Bonchev–Trinajstić information content (AvgIpc) is 2.14. The van der Waals surface area contributed by atoms with Crippen molar-refractivity contribution in [2.75, 3.05) is 7.11 Å². The normalized spacial score (nSPS) is 11.4. The number of carbonyl (C=O) groups is 1. The zero-order valence-corrected chi connectivity index (χ0v) is 10.2. The number of carbonyl (C=O) groups excluding carboxylic acids is 1. The van der Waals surface area contributed by atoms with Crippen LogP contribution >= 0.6 is 27.5 Å². The van der Waals surface area contributed by atoms with Gasteiger partial charge in [-0.1, -0.05) is 11.6 Å². The quantitative estimate of drug-likeness (QED) is 0.734. The molecule has 2 nitrogen and oxygen atoms in total. The van der Waals surface area contributed by atoms with Gasteiger partial charge in [-0.25, -0.2) is 4.79 Å². The lowest BCUT2D eigenvalue weighted by Crippen LogP contribution is -2.11. The molecule has 0 aliphatic rings. The molecule has 7 heteroatoms. The van der Waals surface area contributed by atoms with Gasteiger partial charge < -0.3 is 4.74 Å². The molecule has 0 amide bonds. The van der Waals surface area contributed by atoms with Crippen molar-refractivity contribution in [3.05, 3.63) is 32.8 Å². The molecule has 0 spiro atoms. The van der Waals surface area contributed by atoms with E-state index in [0.717, 1.165) is 19.2 Å². The standard InChI is InChI=1S/C9H5BrClF3O2/c1-16-8(15)4-2-3-5(11)6(7(4)10)9(12,13)14/h2-3H,1H3. The van der Waals surface area contributed by atoms with E-state index in [4.69, 9.17) is 11.6 Å². The summed E-state index contributed by atoms with van der Waals surface area (Å²) in [6.45, 7) is 0. The first-order valence-corrected chi connectivity index (χ1v) is 5.09. The number of halogens is 5. The van der Waals surface area contributed by atoms with Crippen molar-refractivity contribution in [3.63, 3.8) is 0 Å². The largest absolute Gasteiger partial charge is 0.465 e. The van der Waals surface area contributed by atoms with Crippen molar-refractivity contribution in [2.24, 2.45) is 0 Å². The molecule has 0 saturated heterocycles. The zero-order chi connectivity index (χ0) is 12.5. The summed E-state index contributed by atoms with van der Waals surface area (Å²) in [5.41, 5.74) is -1.31. The summed E-state index contributed by atoms with van der Waals surface area (Å²) in [4.78, 5) is 11.2. The fraction of sp³-hybridized carbons (Fsp3) is 0.222. The van der Waals surface area contributed by atoms with E-state index in [9.17, 15) is 18.0 Å². The average molecular weight is 317 g/mol. The van der Waals surface area contributed by atoms with E-state index >= 15 is 0 Å². The molecule has 0 aliphatic heterocycles. The monoisotopic (exact) mass is 316 g/mol. The van der Waals surface area contributed by atoms with Crippen LogP contribution in [0.3, 0.4) is 0 Å². The predicted octanol–water partition coefficient (Wildman–Crippen LogP) is 3.91. The Labute approximate surface area is 102 Å². The van der Waals surface area contributed by atoms with Gasteiger partial charge in [0.1, 0.15) is 0 Å². The SMILES string of the molecule is COC(=O)c1ccc(Cl)c(C(F)(F)F)c1Br. The van der Waals surface area contributed by atoms with Gasteiger partial charge in [0.25, 0.3) is 0 Å². The van der Waals surface area contributed by atoms with Crippen molar-refractivity contribution >= 4 is 33.5 Å². The molecular weight excluding hydrogens is 312 g/mol. The van der Waals surface area contributed by atoms with E-state index in [2.05, 4.69) is 20.7 Å². The third-order valence-electron chi connectivity index (χ3n) is 1.78. The minimum absolute atomic E-state index is 0.223. The van der Waals surface area contributed by atoms with Gasteiger partial charge in [-0.05, 0) is 28.1 Å². The number of esters is 1. The highest BCUT2D eigenvalue weighted by Gasteiger charge is 2.37. The van der Waals surface area contributed by atoms with Gasteiger partial charge in [-0.15, -0.1) is 0 Å². The Balaban J connectivity index is 3.45. The fourth-order valence-corrected chi connectivity index (χ4v) is 2.19. The van der Waals surface area contributed by atoms with Crippen molar-refractivity contribution in [2.45, 2.75) is 6.18 Å². The number of rotatable bonds is 1. The number of alkyl halides is 3. The second-order valence-electron chi connectivity index (χ2n) is 2.77. The van der Waals surface area contributed by atoms with Crippen LogP contribution in [0.4, 0.5) is 13.2 Å². The Kier molecular flexibility index (Phi) is 3.85. The Morgan fingerprint density at radius 1 is 1.44 bits per heavy atom. The molecule has 0 saturated carbocycles. The van der Waals surface area contributed by atoms with Gasteiger partial charge in [0.05, 0.1) is 23.3 Å². The lowest BCUT2D eigenvalue weighted by atomic mass is 10.1. The molecule has 1 rings (SSSR count). The molecule has 0 heterocycles. The molecule has 16 heavy (non-hydrogen) atoms. The van der Waals surface area contributed by atoms with E-state index in [0.29, 0.717) is 0 Å². The van der Waals surface area contributed by atoms with E-state index in [1.807, 2.05) is 0 Å². The van der Waals surface area contributed by atoms with E-state index in [-0.39, 0.29) is 5.56 Å². The van der Waals surface area contributed by atoms with Gasteiger partial charge in [0.2, 0.25) is 0 Å². The zero-order valence-electron chi connectivity index (χ0n) is 7.86. The second-order valence-corrected chi connectivity index (χ2v) is 3.97. The minimum Gasteiger partial charge on any atom is -0.465 e. The van der Waals surface area contributed by atoms with Crippen LogP contribution in [0, 0.1) is 0 Å². The molecule has 0 aliphatic carbocycles. The van der Waals surface area contributed by atoms with Crippen molar-refractivity contribution < 1.29 is 22.7 Å². The van der Waals surface area contributed by atoms with E-state index in [1.165, 1.54) is 0 Å². The summed E-state index contributed by atoms with van der Waals surface area (Å²) in [6, 6.07) is 2.16. The molecule has 0 radical (unpaired) electrons. The summed E-state index contributed by atoms with van der Waals surface area (Å²) in [5.74, 6) is -0.867. The Morgan fingerprint density at radius 3 is 2.44 bits per heavy atom. The maximum Gasteiger partial charge on any atom is 0.418 e. The summed E-state index contributed by atoms with van der Waals surface area (Å²) in [5, 5.41) is -0.480. The maximum atomic E-state index is 12.6. The molecule has 0 aromatic heterocycles. The van der Waals surface area contributed by atoms with Crippen LogP contribution in [0.25, 0.3) is 0 Å². The van der Waals surface area contributed by atoms with Crippen molar-refractivity contribution in [1.82, 2.24) is 0 Å². The first kappa shape index (κ1) is 13.3. The molecular formula is C9H5BrClF3O2. The molecule has 0 N–H and O–H groups in total. The summed E-state index contributed by atoms with van der Waals surface area (Å²) in [7, 11) is 1.08. The van der Waals surface area contributed by atoms with Crippen LogP contribution in [-0.2, 0) is 10.9 Å². The molecule has 88 valence electrons. The maximum absolute atomic E-state index is 12.6. The smallest absolute Gasteiger partial charge is 0.418 e. The molecule has 0 fully saturated rings. The highest BCUT2D eigenvalue weighted by atomic mass is 79.9. The number of hydrogen-bond acceptors (Lipinski definition) is 2. The molecule has 1 aromatic rings. The Hall–Kier alpha value is -0.750. The van der Waals surface area contributed by atoms with Crippen LogP contribution in [-0.4, -0.2) is 13.1 Å². The summed E-state index contributed by atoms with van der Waals surface area (Å²) >= 11 is 8.14. The predicted molar refractivity (Wildman–Crippen MR) is 55.5 cm³/mol. The first-order valence-electron chi connectivity index (χ1n) is 3.92. The molecule has 0 bridgehead atoms. The van der Waals surface area contributed by atoms with Gasteiger partial charge in [-0.2, -0.15) is 13.2 Å². The number of benzene rings is 1. The molecule has 1 aromatic carbocycles. The molecule has 0 unspecified atom stereocenters. The first-order chi connectivity index (χ1) is 7.29. The lowest BCUT2D eigenvalue weighted by molar-refractivity contribution is -0.138. The minimum atomic E-state index is -4.64. The van der Waals surface area contributed by atoms with Gasteiger partial charge in [0.15, 0.2) is 0 Å². The van der Waals surface area contributed by atoms with Crippen LogP contribution in [0.2, 0.25) is 5.02 Å². The highest BCUT2D eigenvalue weighted by Crippen LogP contribution is 2.41. The van der Waals surface area contributed by atoms with Gasteiger partial charge in [-0.3, -0.25) is 0 Å². The van der Waals surface area contributed by atoms with Crippen LogP contribution in [0.15, 0.2) is 16.6 Å². The Bertz CT molecular complexity index is 431. The van der Waals surface area contributed by atoms with Crippen LogP contribution in [0.5, 0.6) is 0 Å². The number of hydrogen-bond donors (Lipinski definition) is 0. The summed E-state index contributed by atoms with van der Waals surface area (Å²) in [6.07, 6.45) is -4.64. The second kappa shape index (κ2) is 4.63. The van der Waals surface area contributed by atoms with Crippen molar-refractivity contribution in [1.29, 1.82) is 0 Å². The van der Waals surface area contributed by atoms with E-state index < -0.39 is 27.2 Å². The number of ether oxygens (including phenoxy) is 1.